The Morgan fingerprint density at radius 3 is 2.48 bits per heavy atom. The number of phenols is 1. The van der Waals surface area contributed by atoms with E-state index in [2.05, 4.69) is 5.32 Å². The van der Waals surface area contributed by atoms with Gasteiger partial charge in [0.25, 0.3) is 5.91 Å². The number of carbonyl (C=O) groups excluding carboxylic acids is 2. The topological polar surface area (TPSA) is 93.4 Å². The van der Waals surface area contributed by atoms with E-state index >= 15 is 0 Å². The maximum Gasteiger partial charge on any atom is 0.328 e. The molecular formula is C32H30Cl2FN3O4. The summed E-state index contributed by atoms with van der Waals surface area (Å²) >= 11 is 12.8. The van der Waals surface area contributed by atoms with Gasteiger partial charge < -0.3 is 15.2 Å². The number of hydrogen-bond donors (Lipinski definition) is 2. The first-order valence-electron chi connectivity index (χ1n) is 13.7. The van der Waals surface area contributed by atoms with E-state index < -0.39 is 17.9 Å². The van der Waals surface area contributed by atoms with Gasteiger partial charge in [0.15, 0.2) is 5.69 Å². The Morgan fingerprint density at radius 1 is 1.07 bits per heavy atom. The second-order valence-corrected chi connectivity index (χ2v) is 11.3. The number of phenolic OH excluding ortho intramolecular Hbond substituents is 1. The zero-order valence-corrected chi connectivity index (χ0v) is 24.5. The maximum atomic E-state index is 13.9. The molecular weight excluding hydrogens is 580 g/mol. The second kappa shape index (κ2) is 13.0. The lowest BCUT2D eigenvalue weighted by molar-refractivity contribution is -0.142. The van der Waals surface area contributed by atoms with Gasteiger partial charge in [-0.2, -0.15) is 5.10 Å². The van der Waals surface area contributed by atoms with E-state index in [9.17, 15) is 19.1 Å². The SMILES string of the molecule is COC(=O)[C@@H](Cc1ccc(O)cc1)NC(=O)c1nn(-c2ccc(Cl)cc2Cl)c2c1CCCC[C@H]2Cc1ccc(F)cc1. The lowest BCUT2D eigenvalue weighted by atomic mass is 9.90. The lowest BCUT2D eigenvalue weighted by Gasteiger charge is -2.19. The molecule has 1 aromatic heterocycles. The number of halogens is 3. The van der Waals surface area contributed by atoms with Crippen molar-refractivity contribution in [1.29, 1.82) is 0 Å². The molecule has 7 nitrogen and oxygen atoms in total. The highest BCUT2D eigenvalue weighted by molar-refractivity contribution is 6.35. The monoisotopic (exact) mass is 609 g/mol. The van der Waals surface area contributed by atoms with Crippen molar-refractivity contribution in [3.63, 3.8) is 0 Å². The van der Waals surface area contributed by atoms with Gasteiger partial charge in [-0.1, -0.05) is 53.9 Å². The Morgan fingerprint density at radius 2 is 1.79 bits per heavy atom. The van der Waals surface area contributed by atoms with Crippen molar-refractivity contribution in [3.8, 4) is 11.4 Å². The molecule has 2 atom stereocenters. The van der Waals surface area contributed by atoms with Gasteiger partial charge in [0.05, 0.1) is 23.5 Å². The van der Waals surface area contributed by atoms with Crippen molar-refractivity contribution in [3.05, 3.63) is 111 Å². The van der Waals surface area contributed by atoms with Gasteiger partial charge in [-0.15, -0.1) is 0 Å². The summed E-state index contributed by atoms with van der Waals surface area (Å²) < 4.78 is 20.3. The van der Waals surface area contributed by atoms with Gasteiger partial charge in [0.2, 0.25) is 0 Å². The van der Waals surface area contributed by atoms with Crippen LogP contribution in [0.4, 0.5) is 4.39 Å². The van der Waals surface area contributed by atoms with Crippen LogP contribution in [0.25, 0.3) is 5.69 Å². The van der Waals surface area contributed by atoms with Gasteiger partial charge in [-0.05, 0) is 79.3 Å². The van der Waals surface area contributed by atoms with Crippen LogP contribution in [0.15, 0.2) is 66.7 Å². The number of nitrogens with zero attached hydrogens (tertiary/aromatic N) is 2. The maximum absolute atomic E-state index is 13.9. The molecule has 1 heterocycles. The number of amides is 1. The number of carbonyl (C=O) groups is 2. The second-order valence-electron chi connectivity index (χ2n) is 10.4. The standard InChI is InChI=1S/C32H30Cl2FN3O4/c1-42-32(41)27(17-20-8-13-24(39)14-9-20)36-31(40)29-25-5-3-2-4-21(16-19-6-11-23(35)12-7-19)30(25)38(37-29)28-15-10-22(33)18-26(28)34/h6-15,18,21,27,39H,2-5,16-17H2,1H3,(H,36,40)/t21-,27+/m0/s1. The molecule has 1 aliphatic carbocycles. The lowest BCUT2D eigenvalue weighted by Crippen LogP contribution is -2.43. The molecule has 4 aromatic rings. The van der Waals surface area contributed by atoms with Crippen LogP contribution in [0.2, 0.25) is 10.0 Å². The number of methoxy groups -OCH3 is 1. The molecule has 0 saturated heterocycles. The molecule has 1 aliphatic rings. The molecule has 0 fully saturated rings. The number of aromatic hydroxyl groups is 1. The van der Waals surface area contributed by atoms with Gasteiger partial charge in [-0.3, -0.25) is 4.79 Å². The first kappa shape index (κ1) is 29.6. The van der Waals surface area contributed by atoms with Crippen LogP contribution >= 0.6 is 23.2 Å². The van der Waals surface area contributed by atoms with Crippen LogP contribution in [0.1, 0.15) is 58.1 Å². The summed E-state index contributed by atoms with van der Waals surface area (Å²) in [7, 11) is 1.27. The third kappa shape index (κ3) is 6.61. The third-order valence-electron chi connectivity index (χ3n) is 7.55. The summed E-state index contributed by atoms with van der Waals surface area (Å²) in [6.45, 7) is 0. The molecule has 3 aromatic carbocycles. The Labute approximate surface area is 253 Å². The first-order chi connectivity index (χ1) is 20.2. The van der Waals surface area contributed by atoms with Crippen LogP contribution in [0.3, 0.4) is 0 Å². The molecule has 0 bridgehead atoms. The Kier molecular flexibility index (Phi) is 9.14. The number of nitrogens with one attached hydrogen (secondary N) is 1. The molecule has 218 valence electrons. The van der Waals surface area contributed by atoms with Crippen molar-refractivity contribution in [2.45, 2.75) is 50.5 Å². The van der Waals surface area contributed by atoms with Crippen LogP contribution in [0.5, 0.6) is 5.75 Å². The van der Waals surface area contributed by atoms with E-state index in [4.69, 9.17) is 33.0 Å². The third-order valence-corrected chi connectivity index (χ3v) is 8.09. The van der Waals surface area contributed by atoms with Crippen molar-refractivity contribution < 1.29 is 23.8 Å². The fourth-order valence-corrected chi connectivity index (χ4v) is 6.00. The van der Waals surface area contributed by atoms with E-state index in [0.717, 1.165) is 41.6 Å². The minimum absolute atomic E-state index is 0.0258. The molecule has 0 spiro atoms. The van der Waals surface area contributed by atoms with Crippen LogP contribution in [0, 0.1) is 5.82 Å². The Bertz CT molecular complexity index is 1590. The predicted octanol–water partition coefficient (Wildman–Crippen LogP) is 6.59. The summed E-state index contributed by atoms with van der Waals surface area (Å²) in [6, 6.07) is 17.0. The largest absolute Gasteiger partial charge is 0.508 e. The molecule has 5 rings (SSSR count). The number of ether oxygens (including phenoxy) is 1. The van der Waals surface area contributed by atoms with E-state index in [1.54, 1.807) is 47.1 Å². The molecule has 10 heteroatoms. The minimum Gasteiger partial charge on any atom is -0.508 e. The van der Waals surface area contributed by atoms with Crippen molar-refractivity contribution in [1.82, 2.24) is 15.1 Å². The normalized spacial score (nSPS) is 15.4. The minimum atomic E-state index is -0.979. The van der Waals surface area contributed by atoms with E-state index in [1.165, 1.54) is 31.4 Å². The van der Waals surface area contributed by atoms with Gasteiger partial charge in [-0.25, -0.2) is 13.9 Å². The summed E-state index contributed by atoms with van der Waals surface area (Å²) in [4.78, 5) is 26.6. The Balaban J connectivity index is 1.56. The van der Waals surface area contributed by atoms with Gasteiger partial charge >= 0.3 is 5.97 Å². The molecule has 2 N–H and O–H groups in total. The first-order valence-corrected chi connectivity index (χ1v) is 14.5. The van der Waals surface area contributed by atoms with Crippen molar-refractivity contribution >= 4 is 35.1 Å². The summed E-state index contributed by atoms with van der Waals surface area (Å²) in [5, 5.41) is 18.1. The number of rotatable bonds is 8. The van der Waals surface area contributed by atoms with E-state index in [1.807, 2.05) is 0 Å². The number of esters is 1. The van der Waals surface area contributed by atoms with Crippen LogP contribution in [-0.4, -0.2) is 39.9 Å². The number of benzene rings is 3. The zero-order valence-electron chi connectivity index (χ0n) is 22.9. The van der Waals surface area contributed by atoms with Crippen molar-refractivity contribution in [2.75, 3.05) is 7.11 Å². The van der Waals surface area contributed by atoms with E-state index in [0.29, 0.717) is 28.6 Å². The highest BCUT2D eigenvalue weighted by atomic mass is 35.5. The quantitative estimate of drug-likeness (QED) is 0.174. The average Bonchev–Trinajstić information content (AvgIpc) is 3.22. The summed E-state index contributed by atoms with van der Waals surface area (Å²) in [6.07, 6.45) is 4.02. The number of aromatic nitrogens is 2. The summed E-state index contributed by atoms with van der Waals surface area (Å²) in [5.74, 6) is -1.34. The molecule has 0 radical (unpaired) electrons. The van der Waals surface area contributed by atoms with E-state index in [-0.39, 0.29) is 29.6 Å². The number of fused-ring (bicyclic) bond motifs is 1. The van der Waals surface area contributed by atoms with Gasteiger partial charge in [0, 0.05) is 22.9 Å². The number of hydrogen-bond acceptors (Lipinski definition) is 5. The Hall–Kier alpha value is -3.88. The van der Waals surface area contributed by atoms with Gasteiger partial charge in [0.1, 0.15) is 17.6 Å². The fourth-order valence-electron chi connectivity index (χ4n) is 5.51. The molecule has 42 heavy (non-hydrogen) atoms. The fraction of sp³-hybridized carbons (Fsp3) is 0.281. The van der Waals surface area contributed by atoms with Crippen LogP contribution < -0.4 is 5.32 Å². The predicted molar refractivity (Wildman–Crippen MR) is 159 cm³/mol. The molecule has 0 unspecified atom stereocenters. The smallest absolute Gasteiger partial charge is 0.328 e. The highest BCUT2D eigenvalue weighted by Gasteiger charge is 2.33. The summed E-state index contributed by atoms with van der Waals surface area (Å²) in [5.41, 5.74) is 4.14. The van der Waals surface area contributed by atoms with Crippen molar-refractivity contribution in [2.24, 2.45) is 0 Å². The molecule has 1 amide bonds. The zero-order chi connectivity index (χ0) is 29.8. The average molecular weight is 611 g/mol. The molecule has 0 saturated carbocycles. The highest BCUT2D eigenvalue weighted by Crippen LogP contribution is 2.38. The van der Waals surface area contributed by atoms with Crippen LogP contribution in [-0.2, 0) is 28.8 Å². The molecule has 0 aliphatic heterocycles.